The molecule has 2 aliphatic heterocycles. The van der Waals surface area contributed by atoms with Crippen LogP contribution >= 0.6 is 11.3 Å². The number of hydrogen-bond acceptors (Lipinski definition) is 6. The Morgan fingerprint density at radius 2 is 2.27 bits per heavy atom. The molecule has 0 spiro atoms. The molecule has 138 valence electrons. The predicted octanol–water partition coefficient (Wildman–Crippen LogP) is 1.63. The van der Waals surface area contributed by atoms with Crippen LogP contribution in [0, 0.1) is 18.3 Å². The van der Waals surface area contributed by atoms with Gasteiger partial charge in [-0.2, -0.15) is 11.3 Å². The number of aromatic nitrogens is 1. The molecule has 2 saturated heterocycles. The van der Waals surface area contributed by atoms with E-state index in [1.807, 2.05) is 29.8 Å². The minimum atomic E-state index is -0.890. The number of hydrogen-bond donors (Lipinski definition) is 1. The van der Waals surface area contributed by atoms with E-state index < -0.39 is 11.4 Å². The quantitative estimate of drug-likeness (QED) is 0.855. The van der Waals surface area contributed by atoms with Gasteiger partial charge >= 0.3 is 5.97 Å². The number of nitrogens with zero attached hydrogens (tertiary/aromatic N) is 3. The summed E-state index contributed by atoms with van der Waals surface area (Å²) in [6.07, 6.45) is 0.340. The molecule has 2 fully saturated rings. The molecule has 7 nitrogen and oxygen atoms in total. The van der Waals surface area contributed by atoms with E-state index >= 15 is 0 Å². The number of aliphatic carboxylic acids is 1. The molecule has 2 atom stereocenters. The van der Waals surface area contributed by atoms with Crippen LogP contribution in [0.5, 0.6) is 0 Å². The smallest absolute Gasteiger partial charge is 0.313 e. The first kappa shape index (κ1) is 17.2. The molecule has 1 N–H and O–H groups in total. The molecule has 0 aliphatic carbocycles. The first-order valence-electron chi connectivity index (χ1n) is 8.63. The Balaban J connectivity index is 1.45. The van der Waals surface area contributed by atoms with E-state index in [0.29, 0.717) is 32.6 Å². The van der Waals surface area contributed by atoms with Crippen LogP contribution in [0.3, 0.4) is 0 Å². The second-order valence-corrected chi connectivity index (χ2v) is 8.13. The number of carboxylic acids is 1. The van der Waals surface area contributed by atoms with E-state index in [0.717, 1.165) is 17.0 Å². The van der Waals surface area contributed by atoms with Crippen molar-refractivity contribution in [3.8, 4) is 0 Å². The molecule has 0 aromatic carbocycles. The third kappa shape index (κ3) is 3.03. The van der Waals surface area contributed by atoms with Crippen molar-refractivity contribution < 1.29 is 19.2 Å². The monoisotopic (exact) mass is 375 g/mol. The summed E-state index contributed by atoms with van der Waals surface area (Å²) in [5, 5.41) is 17.7. The summed E-state index contributed by atoms with van der Waals surface area (Å²) in [5.41, 5.74) is 0.917. The summed E-state index contributed by atoms with van der Waals surface area (Å²) in [5.74, 6) is -0.121. The van der Waals surface area contributed by atoms with Crippen molar-refractivity contribution in [2.24, 2.45) is 11.3 Å². The van der Waals surface area contributed by atoms with Gasteiger partial charge in [-0.05, 0) is 29.3 Å². The number of likely N-dealkylation sites (tertiary alicyclic amines) is 2. The molecule has 2 aliphatic rings. The number of carbonyl (C=O) groups excluding carboxylic acids is 1. The van der Waals surface area contributed by atoms with Crippen LogP contribution in [0.25, 0.3) is 0 Å². The molecule has 1 amide bonds. The summed E-state index contributed by atoms with van der Waals surface area (Å²) >= 11 is 1.56. The SMILES string of the molecule is Cc1cc(CN2C[C@H]3CN(C(=O)Cc4ccsc4)C[C@@]3(C(=O)O)C2)on1. The van der Waals surface area contributed by atoms with E-state index in [1.54, 1.807) is 16.2 Å². The highest BCUT2D eigenvalue weighted by Gasteiger charge is 2.58. The van der Waals surface area contributed by atoms with Crippen molar-refractivity contribution in [3.63, 3.8) is 0 Å². The van der Waals surface area contributed by atoms with Crippen LogP contribution in [-0.4, -0.2) is 58.1 Å². The van der Waals surface area contributed by atoms with Crippen LogP contribution < -0.4 is 0 Å². The number of fused-ring (bicyclic) bond motifs is 1. The van der Waals surface area contributed by atoms with Crippen LogP contribution in [0.15, 0.2) is 27.4 Å². The maximum atomic E-state index is 12.6. The van der Waals surface area contributed by atoms with Crippen molar-refractivity contribution in [1.82, 2.24) is 15.0 Å². The Labute approximate surface area is 155 Å². The zero-order chi connectivity index (χ0) is 18.3. The number of rotatable bonds is 5. The minimum absolute atomic E-state index is 0.0100. The first-order chi connectivity index (χ1) is 12.5. The summed E-state index contributed by atoms with van der Waals surface area (Å²) in [6.45, 7) is 4.27. The average molecular weight is 375 g/mol. The predicted molar refractivity (Wildman–Crippen MR) is 94.7 cm³/mol. The number of carboxylic acid groups (broad SMARTS) is 1. The molecule has 0 saturated carbocycles. The van der Waals surface area contributed by atoms with Crippen molar-refractivity contribution >= 4 is 23.2 Å². The summed E-state index contributed by atoms with van der Waals surface area (Å²) in [7, 11) is 0. The standard InChI is InChI=1S/C18H21N3O4S/c1-12-4-15(25-19-12)8-20-6-14-7-21(11-18(14,10-20)17(23)24)16(22)5-13-2-3-26-9-13/h2-4,9,14H,5-8,10-11H2,1H3,(H,23,24)/t14-,18-/m0/s1. The van der Waals surface area contributed by atoms with Crippen LogP contribution in [0.2, 0.25) is 0 Å². The van der Waals surface area contributed by atoms with Crippen molar-refractivity contribution in [2.75, 3.05) is 26.2 Å². The van der Waals surface area contributed by atoms with E-state index in [-0.39, 0.29) is 18.4 Å². The number of thiophene rings is 1. The molecular formula is C18H21N3O4S. The zero-order valence-electron chi connectivity index (χ0n) is 14.6. The Morgan fingerprint density at radius 3 is 2.88 bits per heavy atom. The number of amides is 1. The molecule has 0 radical (unpaired) electrons. The molecule has 8 heteroatoms. The number of carbonyl (C=O) groups is 2. The molecule has 2 aromatic rings. The molecule has 4 rings (SSSR count). The minimum Gasteiger partial charge on any atom is -0.481 e. The van der Waals surface area contributed by atoms with Gasteiger partial charge in [-0.15, -0.1) is 0 Å². The first-order valence-corrected chi connectivity index (χ1v) is 9.57. The van der Waals surface area contributed by atoms with Gasteiger partial charge in [0.05, 0.1) is 18.7 Å². The molecule has 2 aromatic heterocycles. The van der Waals surface area contributed by atoms with Crippen molar-refractivity contribution in [1.29, 1.82) is 0 Å². The fourth-order valence-electron chi connectivity index (χ4n) is 4.17. The summed E-state index contributed by atoms with van der Waals surface area (Å²) in [6, 6.07) is 3.81. The van der Waals surface area contributed by atoms with Gasteiger partial charge in [0.25, 0.3) is 0 Å². The third-order valence-corrected chi connectivity index (χ3v) is 6.18. The van der Waals surface area contributed by atoms with Gasteiger partial charge in [-0.3, -0.25) is 14.5 Å². The molecule has 26 heavy (non-hydrogen) atoms. The Kier molecular flexibility index (Phi) is 4.32. The van der Waals surface area contributed by atoms with Crippen LogP contribution in [0.1, 0.15) is 17.0 Å². The molecule has 4 heterocycles. The average Bonchev–Trinajstić information content (AvgIpc) is 3.31. The lowest BCUT2D eigenvalue weighted by atomic mass is 9.81. The Morgan fingerprint density at radius 1 is 1.42 bits per heavy atom. The van der Waals surface area contributed by atoms with Crippen molar-refractivity contribution in [3.05, 3.63) is 39.9 Å². The summed E-state index contributed by atoms with van der Waals surface area (Å²) < 4.78 is 5.26. The molecule has 0 unspecified atom stereocenters. The Hall–Kier alpha value is -2.19. The molecule has 0 bridgehead atoms. The normalized spacial score (nSPS) is 25.6. The van der Waals surface area contributed by atoms with Crippen molar-refractivity contribution in [2.45, 2.75) is 19.9 Å². The highest BCUT2D eigenvalue weighted by Crippen LogP contribution is 2.43. The van der Waals surface area contributed by atoms with Gasteiger partial charge < -0.3 is 14.5 Å². The van der Waals surface area contributed by atoms with Crippen LogP contribution in [-0.2, 0) is 22.6 Å². The van der Waals surface area contributed by atoms with E-state index in [2.05, 4.69) is 10.1 Å². The lowest BCUT2D eigenvalue weighted by Crippen LogP contribution is -2.42. The van der Waals surface area contributed by atoms with E-state index in [1.165, 1.54) is 0 Å². The maximum absolute atomic E-state index is 12.6. The van der Waals surface area contributed by atoms with Gasteiger partial charge in [0, 0.05) is 38.2 Å². The van der Waals surface area contributed by atoms with Gasteiger partial charge in [0.1, 0.15) is 5.41 Å². The molecular weight excluding hydrogens is 354 g/mol. The maximum Gasteiger partial charge on any atom is 0.313 e. The fourth-order valence-corrected chi connectivity index (χ4v) is 4.84. The topological polar surface area (TPSA) is 86.9 Å². The van der Waals surface area contributed by atoms with Gasteiger partial charge in [0.15, 0.2) is 5.76 Å². The van der Waals surface area contributed by atoms with E-state index in [4.69, 9.17) is 4.52 Å². The lowest BCUT2D eigenvalue weighted by Gasteiger charge is -2.25. The Bertz CT molecular complexity index is 818. The lowest BCUT2D eigenvalue weighted by molar-refractivity contribution is -0.149. The number of aryl methyl sites for hydroxylation is 1. The second kappa shape index (κ2) is 6.51. The highest BCUT2D eigenvalue weighted by atomic mass is 32.1. The van der Waals surface area contributed by atoms with Gasteiger partial charge in [0.2, 0.25) is 5.91 Å². The second-order valence-electron chi connectivity index (χ2n) is 7.35. The van der Waals surface area contributed by atoms with Gasteiger partial charge in [-0.1, -0.05) is 5.16 Å². The van der Waals surface area contributed by atoms with E-state index in [9.17, 15) is 14.7 Å². The highest BCUT2D eigenvalue weighted by molar-refractivity contribution is 7.08. The zero-order valence-corrected chi connectivity index (χ0v) is 15.4. The fraction of sp³-hybridized carbons (Fsp3) is 0.500. The van der Waals surface area contributed by atoms with Gasteiger partial charge in [-0.25, -0.2) is 0 Å². The summed E-state index contributed by atoms with van der Waals surface area (Å²) in [4.78, 5) is 28.5. The largest absolute Gasteiger partial charge is 0.481 e. The van der Waals surface area contributed by atoms with Crippen LogP contribution in [0.4, 0.5) is 0 Å². The third-order valence-electron chi connectivity index (χ3n) is 5.45.